The highest BCUT2D eigenvalue weighted by Gasteiger charge is 2.04. The van der Waals surface area contributed by atoms with Crippen LogP contribution in [0.2, 0.25) is 5.02 Å². The number of rotatable bonds is 5. The molecule has 4 nitrogen and oxygen atoms in total. The smallest absolute Gasteiger partial charge is 0.292 e. The quantitative estimate of drug-likeness (QED) is 0.912. The predicted octanol–water partition coefficient (Wildman–Crippen LogP) is 2.07. The number of halogens is 1. The molecule has 1 heterocycles. The van der Waals surface area contributed by atoms with Crippen molar-refractivity contribution in [2.45, 2.75) is 13.2 Å². The van der Waals surface area contributed by atoms with Gasteiger partial charge in [0.1, 0.15) is 6.61 Å². The Hall–Kier alpha value is -1.78. The SMILES string of the molecule is O=c1c(OCc2ccc(Cl)cc2)cccn1CCO. The molecule has 0 saturated carbocycles. The summed E-state index contributed by atoms with van der Waals surface area (Å²) in [4.78, 5) is 11.9. The van der Waals surface area contributed by atoms with Crippen LogP contribution in [0.5, 0.6) is 5.75 Å². The van der Waals surface area contributed by atoms with Gasteiger partial charge in [0.15, 0.2) is 5.75 Å². The highest BCUT2D eigenvalue weighted by atomic mass is 35.5. The first-order valence-corrected chi connectivity index (χ1v) is 6.26. The topological polar surface area (TPSA) is 51.5 Å². The number of aliphatic hydroxyl groups is 1. The predicted molar refractivity (Wildman–Crippen MR) is 73.6 cm³/mol. The summed E-state index contributed by atoms with van der Waals surface area (Å²) < 4.78 is 6.91. The molecule has 2 aromatic rings. The first-order chi connectivity index (χ1) is 9.20. The monoisotopic (exact) mass is 279 g/mol. The van der Waals surface area contributed by atoms with Crippen molar-refractivity contribution >= 4 is 11.6 Å². The van der Waals surface area contributed by atoms with E-state index in [2.05, 4.69) is 0 Å². The number of benzene rings is 1. The molecule has 0 aliphatic heterocycles. The Bertz CT molecular complexity index is 592. The van der Waals surface area contributed by atoms with Gasteiger partial charge in [-0.05, 0) is 29.8 Å². The number of nitrogens with zero attached hydrogens (tertiary/aromatic N) is 1. The molecule has 1 aromatic carbocycles. The van der Waals surface area contributed by atoms with E-state index in [0.717, 1.165) is 5.56 Å². The third kappa shape index (κ3) is 3.59. The number of aliphatic hydroxyl groups excluding tert-OH is 1. The average molecular weight is 280 g/mol. The second kappa shape index (κ2) is 6.41. The minimum Gasteiger partial charge on any atom is -0.483 e. The van der Waals surface area contributed by atoms with Gasteiger partial charge < -0.3 is 14.4 Å². The zero-order valence-corrected chi connectivity index (χ0v) is 11.0. The van der Waals surface area contributed by atoms with Crippen LogP contribution in [-0.2, 0) is 13.2 Å². The van der Waals surface area contributed by atoms with Gasteiger partial charge in [-0.25, -0.2) is 0 Å². The second-order valence-corrected chi connectivity index (χ2v) is 4.45. The van der Waals surface area contributed by atoms with Gasteiger partial charge in [-0.2, -0.15) is 0 Å². The first kappa shape index (κ1) is 13.6. The van der Waals surface area contributed by atoms with Gasteiger partial charge >= 0.3 is 0 Å². The normalized spacial score (nSPS) is 10.4. The molecule has 2 rings (SSSR count). The van der Waals surface area contributed by atoms with E-state index in [9.17, 15) is 4.79 Å². The van der Waals surface area contributed by atoms with Crippen molar-refractivity contribution in [2.24, 2.45) is 0 Å². The Labute approximate surface area is 115 Å². The Kier molecular flexibility index (Phi) is 4.60. The summed E-state index contributed by atoms with van der Waals surface area (Å²) in [6, 6.07) is 10.6. The molecule has 1 aromatic heterocycles. The standard InChI is InChI=1S/C14H14ClNO3/c15-12-5-3-11(4-6-12)10-19-13-2-1-7-16(8-9-17)14(13)18/h1-7,17H,8-10H2. The summed E-state index contributed by atoms with van der Waals surface area (Å²) in [6.07, 6.45) is 1.62. The Morgan fingerprint density at radius 3 is 2.63 bits per heavy atom. The molecule has 0 unspecified atom stereocenters. The molecule has 0 aliphatic rings. The molecule has 0 fully saturated rings. The van der Waals surface area contributed by atoms with Gasteiger partial charge in [0.05, 0.1) is 6.61 Å². The molecule has 100 valence electrons. The molecule has 1 N–H and O–H groups in total. The van der Waals surface area contributed by atoms with Crippen LogP contribution >= 0.6 is 11.6 Å². The number of hydrogen-bond donors (Lipinski definition) is 1. The molecule has 0 saturated heterocycles. The van der Waals surface area contributed by atoms with Crippen molar-refractivity contribution in [1.82, 2.24) is 4.57 Å². The molecule has 0 atom stereocenters. The van der Waals surface area contributed by atoms with Crippen molar-refractivity contribution < 1.29 is 9.84 Å². The van der Waals surface area contributed by atoms with E-state index in [4.69, 9.17) is 21.4 Å². The van der Waals surface area contributed by atoms with Crippen LogP contribution in [0.3, 0.4) is 0 Å². The van der Waals surface area contributed by atoms with Crippen molar-refractivity contribution in [2.75, 3.05) is 6.61 Å². The van der Waals surface area contributed by atoms with E-state index in [1.807, 2.05) is 12.1 Å². The van der Waals surface area contributed by atoms with Crippen LogP contribution in [0, 0.1) is 0 Å². The van der Waals surface area contributed by atoms with E-state index in [0.29, 0.717) is 11.6 Å². The van der Waals surface area contributed by atoms with Crippen LogP contribution in [0.25, 0.3) is 0 Å². The van der Waals surface area contributed by atoms with Crippen LogP contribution in [0.4, 0.5) is 0 Å². The van der Waals surface area contributed by atoms with Crippen LogP contribution in [0.15, 0.2) is 47.4 Å². The third-order valence-electron chi connectivity index (χ3n) is 2.63. The largest absolute Gasteiger partial charge is 0.483 e. The molecule has 0 spiro atoms. The molecule has 5 heteroatoms. The maximum atomic E-state index is 11.9. The van der Waals surface area contributed by atoms with Crippen molar-refractivity contribution in [1.29, 1.82) is 0 Å². The minimum atomic E-state index is -0.245. The molecule has 0 bridgehead atoms. The first-order valence-electron chi connectivity index (χ1n) is 5.88. The third-order valence-corrected chi connectivity index (χ3v) is 2.89. The van der Waals surface area contributed by atoms with Gasteiger partial charge in [0.2, 0.25) is 0 Å². The van der Waals surface area contributed by atoms with Crippen molar-refractivity contribution in [3.63, 3.8) is 0 Å². The summed E-state index contributed by atoms with van der Waals surface area (Å²) in [5, 5.41) is 9.52. The van der Waals surface area contributed by atoms with Gasteiger partial charge in [0, 0.05) is 17.8 Å². The average Bonchev–Trinajstić information content (AvgIpc) is 2.42. The summed E-state index contributed by atoms with van der Waals surface area (Å²) in [5.41, 5.74) is 0.687. The van der Waals surface area contributed by atoms with E-state index in [1.54, 1.807) is 30.5 Å². The Morgan fingerprint density at radius 1 is 1.21 bits per heavy atom. The van der Waals surface area contributed by atoms with Crippen LogP contribution < -0.4 is 10.3 Å². The lowest BCUT2D eigenvalue weighted by Gasteiger charge is -2.08. The van der Waals surface area contributed by atoms with E-state index >= 15 is 0 Å². The number of aromatic nitrogens is 1. The summed E-state index contributed by atoms with van der Waals surface area (Å²) in [6.45, 7) is 0.479. The van der Waals surface area contributed by atoms with E-state index in [-0.39, 0.29) is 24.5 Å². The highest BCUT2D eigenvalue weighted by Crippen LogP contribution is 2.11. The second-order valence-electron chi connectivity index (χ2n) is 4.01. The zero-order valence-electron chi connectivity index (χ0n) is 10.3. The fourth-order valence-corrected chi connectivity index (χ4v) is 1.78. The minimum absolute atomic E-state index is 0.0828. The molecule has 0 radical (unpaired) electrons. The maximum Gasteiger partial charge on any atom is 0.292 e. The van der Waals surface area contributed by atoms with Gasteiger partial charge in [-0.15, -0.1) is 0 Å². The van der Waals surface area contributed by atoms with E-state index < -0.39 is 0 Å². The number of hydrogen-bond acceptors (Lipinski definition) is 3. The Morgan fingerprint density at radius 2 is 1.95 bits per heavy atom. The van der Waals surface area contributed by atoms with Gasteiger partial charge in [-0.1, -0.05) is 23.7 Å². The lowest BCUT2D eigenvalue weighted by molar-refractivity contribution is 0.268. The maximum absolute atomic E-state index is 11.9. The molecular weight excluding hydrogens is 266 g/mol. The molecular formula is C14H14ClNO3. The van der Waals surface area contributed by atoms with Crippen molar-refractivity contribution in [3.05, 3.63) is 63.5 Å². The summed E-state index contributed by atoms with van der Waals surface area (Å²) in [5.74, 6) is 0.269. The fraction of sp³-hybridized carbons (Fsp3) is 0.214. The summed E-state index contributed by atoms with van der Waals surface area (Å²) >= 11 is 5.79. The lowest BCUT2D eigenvalue weighted by atomic mass is 10.2. The lowest BCUT2D eigenvalue weighted by Crippen LogP contribution is -2.22. The van der Waals surface area contributed by atoms with Crippen LogP contribution in [-0.4, -0.2) is 16.3 Å². The van der Waals surface area contributed by atoms with E-state index in [1.165, 1.54) is 4.57 Å². The zero-order chi connectivity index (χ0) is 13.7. The Balaban J connectivity index is 2.09. The molecule has 19 heavy (non-hydrogen) atoms. The van der Waals surface area contributed by atoms with Crippen LogP contribution in [0.1, 0.15) is 5.56 Å². The fourth-order valence-electron chi connectivity index (χ4n) is 1.65. The van der Waals surface area contributed by atoms with Gasteiger partial charge in [0.25, 0.3) is 5.56 Å². The number of ether oxygens (including phenoxy) is 1. The van der Waals surface area contributed by atoms with Crippen molar-refractivity contribution in [3.8, 4) is 5.75 Å². The molecule has 0 amide bonds. The van der Waals surface area contributed by atoms with Gasteiger partial charge in [-0.3, -0.25) is 4.79 Å². The summed E-state index contributed by atoms with van der Waals surface area (Å²) in [7, 11) is 0. The number of pyridine rings is 1. The highest BCUT2D eigenvalue weighted by molar-refractivity contribution is 6.30. The molecule has 0 aliphatic carbocycles.